The molecule has 2 aliphatic heterocycles. The van der Waals surface area contributed by atoms with E-state index in [2.05, 4.69) is 77.1 Å². The third kappa shape index (κ3) is 10.4. The number of aromatic nitrogens is 8. The molecule has 2 aliphatic rings. The maximum absolute atomic E-state index is 12.6. The van der Waals surface area contributed by atoms with E-state index in [-0.39, 0.29) is 98.2 Å². The molecule has 2 aromatic carbocycles. The Hall–Kier alpha value is -2.82. The van der Waals surface area contributed by atoms with Gasteiger partial charge in [0.1, 0.15) is 5.15 Å². The van der Waals surface area contributed by atoms with Crippen molar-refractivity contribution in [3.8, 4) is 23.5 Å². The van der Waals surface area contributed by atoms with Crippen molar-refractivity contribution in [3.63, 3.8) is 0 Å². The van der Waals surface area contributed by atoms with Crippen molar-refractivity contribution in [1.82, 2.24) is 39.9 Å². The van der Waals surface area contributed by atoms with Gasteiger partial charge in [0.05, 0.1) is 38.4 Å². The van der Waals surface area contributed by atoms with Gasteiger partial charge in [0.15, 0.2) is 14.3 Å². The Bertz CT molecular complexity index is 2930. The van der Waals surface area contributed by atoms with Gasteiger partial charge in [0.2, 0.25) is 28.3 Å². The fourth-order valence-electron chi connectivity index (χ4n) is 5.83. The molecule has 6 aromatic rings. The van der Waals surface area contributed by atoms with Crippen LogP contribution in [0, 0.1) is 39.3 Å². The average molecular weight is 1220 g/mol. The standard InChI is InChI=1S/C15H8ClN5O4S2.C15H9N5O4S2.B.I3.Na.H/c16-10-8-7(5-1-3-6(4-2-5)21(23)24)9-11(22)18-15(27)20-13(9)25-12(8)19-14(26)17-10;21-11-10-9(6-1-3-7(4-2-6)20(22)23)8-5-16-14(25)18-12(8)24-13(10)19-15(26)17-11;;1-3-2;;/h1-4,7H,(H,17,19,26)(H2,18,20,22,27);1-5,9H,(H,16,18,25)(H2,17,19,21,26);;;;/q;;;-1;+1;-1. The molecule has 2 unspecified atom stereocenters. The predicted molar refractivity (Wildman–Crippen MR) is 231 cm³/mol. The van der Waals surface area contributed by atoms with E-state index in [1.54, 1.807) is 24.3 Å². The molecule has 0 saturated carbocycles. The number of hydrogen-bond donors (Lipinski definition) is 6. The van der Waals surface area contributed by atoms with Gasteiger partial charge in [-0.25, -0.2) is 4.98 Å². The van der Waals surface area contributed by atoms with Gasteiger partial charge >= 0.3 is 80.0 Å². The van der Waals surface area contributed by atoms with Crippen LogP contribution in [-0.2, 0) is 0 Å². The quantitative estimate of drug-likeness (QED) is 0.0370. The molecule has 6 heterocycles. The minimum Gasteiger partial charge on any atom is -1.00 e. The number of ether oxygens (including phenoxy) is 2. The van der Waals surface area contributed by atoms with Gasteiger partial charge in [-0.15, -0.1) is 0 Å². The second-order valence-corrected chi connectivity index (χ2v) is 29.4. The van der Waals surface area contributed by atoms with Crippen molar-refractivity contribution in [2.45, 2.75) is 11.8 Å². The van der Waals surface area contributed by atoms with Crippen LogP contribution in [0.2, 0.25) is 5.15 Å². The van der Waals surface area contributed by atoms with Crippen LogP contribution in [0.5, 0.6) is 23.5 Å². The predicted octanol–water partition coefficient (Wildman–Crippen LogP) is 2.32. The molecule has 293 valence electrons. The fraction of sp³-hybridized carbons (Fsp3) is 0.0667. The number of H-pyrrole nitrogens is 6. The molecule has 4 aromatic heterocycles. The first-order valence-electron chi connectivity index (χ1n) is 15.0. The van der Waals surface area contributed by atoms with Crippen LogP contribution < -0.4 is 63.4 Å². The number of fused-ring (bicyclic) bond motifs is 4. The SMILES string of the molecule is I[I-]I.O=c1[nH]c(=S)[nH]c2c1C(c1ccc([N+](=O)[O-])cc1)c1c(nc(=S)[nH]c1Cl)O2.O=c1[nH]c(=S)[nH]c2c1C(c1ccc([N+](=O)[O-])cc1)c1cnc(=S)[nH]c1O2.[B].[H-].[Na+]. The summed E-state index contributed by atoms with van der Waals surface area (Å²) in [6, 6.07) is 11.7. The zero-order chi connectivity index (χ0) is 40.4. The first kappa shape index (κ1) is 47.9. The van der Waals surface area contributed by atoms with Crippen LogP contribution in [0.4, 0.5) is 11.4 Å². The Labute approximate surface area is 404 Å². The van der Waals surface area contributed by atoms with Crippen LogP contribution in [0.3, 0.4) is 0 Å². The van der Waals surface area contributed by atoms with E-state index >= 15 is 0 Å². The summed E-state index contributed by atoms with van der Waals surface area (Å²) in [7, 11) is 0. The Kier molecular flexibility index (Phi) is 17.0. The van der Waals surface area contributed by atoms with E-state index in [9.17, 15) is 29.8 Å². The van der Waals surface area contributed by atoms with Gasteiger partial charge in [-0.1, -0.05) is 35.9 Å². The molecule has 0 saturated heterocycles. The maximum Gasteiger partial charge on any atom is 1.00 e. The van der Waals surface area contributed by atoms with Gasteiger partial charge in [-0.2, -0.15) is 4.98 Å². The average Bonchev–Trinajstić information content (AvgIpc) is 3.13. The van der Waals surface area contributed by atoms with Crippen molar-refractivity contribution in [2.24, 2.45) is 0 Å². The number of nitro groups is 2. The van der Waals surface area contributed by atoms with Crippen LogP contribution in [0.25, 0.3) is 0 Å². The van der Waals surface area contributed by atoms with Crippen LogP contribution in [0.15, 0.2) is 64.3 Å². The number of benzene rings is 2. The number of rotatable bonds is 4. The van der Waals surface area contributed by atoms with E-state index in [0.717, 1.165) is 0 Å². The Morgan fingerprint density at radius 3 is 1.67 bits per heavy atom. The minimum absolute atomic E-state index is 0. The summed E-state index contributed by atoms with van der Waals surface area (Å²) in [5.74, 6) is -0.514. The first-order chi connectivity index (χ1) is 26.7. The van der Waals surface area contributed by atoms with Gasteiger partial charge < -0.3 is 30.8 Å². The smallest absolute Gasteiger partial charge is 1.00 e. The normalized spacial score (nSPS) is 13.9. The zero-order valence-electron chi connectivity index (χ0n) is 29.6. The Morgan fingerprint density at radius 1 is 0.707 bits per heavy atom. The third-order valence-electron chi connectivity index (χ3n) is 8.03. The van der Waals surface area contributed by atoms with E-state index in [4.69, 9.17) is 69.9 Å². The summed E-state index contributed by atoms with van der Waals surface area (Å²) in [5.41, 5.74) is 1.71. The monoisotopic (exact) mass is 1220 g/mol. The number of hydrogen-bond acceptors (Lipinski definition) is 14. The first-order valence-corrected chi connectivity index (χ1v) is 29.6. The van der Waals surface area contributed by atoms with Crippen LogP contribution in [0.1, 0.15) is 46.6 Å². The fourth-order valence-corrected chi connectivity index (χ4v) is 6.87. The van der Waals surface area contributed by atoms with E-state index in [1.807, 2.05) is 0 Å². The summed E-state index contributed by atoms with van der Waals surface area (Å²) in [4.78, 5) is 70.4. The van der Waals surface area contributed by atoms with E-state index < -0.39 is 32.8 Å². The molecule has 2 atom stereocenters. The van der Waals surface area contributed by atoms with Crippen molar-refractivity contribution in [1.29, 1.82) is 0 Å². The molecule has 18 nitrogen and oxygen atoms in total. The summed E-state index contributed by atoms with van der Waals surface area (Å²) in [6.07, 6.45) is 1.52. The van der Waals surface area contributed by atoms with Crippen molar-refractivity contribution < 1.29 is 63.6 Å². The van der Waals surface area contributed by atoms with E-state index in [0.29, 0.717) is 47.0 Å². The molecular formula is C30H18BClI3N10NaO8S4-. The van der Waals surface area contributed by atoms with Gasteiger partial charge in [-0.3, -0.25) is 39.8 Å². The number of nitrogens with one attached hydrogen (secondary N) is 6. The molecule has 58 heavy (non-hydrogen) atoms. The zero-order valence-corrected chi connectivity index (χ0v) is 41.1. The van der Waals surface area contributed by atoms with Gasteiger partial charge in [0, 0.05) is 44.4 Å². The number of non-ortho nitro benzene ring substituents is 2. The number of halogens is 4. The van der Waals surface area contributed by atoms with Gasteiger partial charge in [0.25, 0.3) is 22.5 Å². The number of nitrogens with zero attached hydrogens (tertiary/aromatic N) is 4. The molecule has 28 heteroatoms. The second kappa shape index (κ2) is 20.6. The molecule has 0 aliphatic carbocycles. The topological polar surface area (TPSA) is 259 Å². The molecule has 0 amide bonds. The molecule has 0 spiro atoms. The minimum atomic E-state index is -0.702. The van der Waals surface area contributed by atoms with Gasteiger partial charge in [-0.05, 0) is 60.0 Å². The van der Waals surface area contributed by atoms with Crippen LogP contribution in [-0.4, -0.2) is 58.1 Å². The van der Waals surface area contributed by atoms with Crippen molar-refractivity contribution in [3.05, 3.63) is 153 Å². The summed E-state index contributed by atoms with van der Waals surface area (Å²) < 4.78 is 11.9. The van der Waals surface area contributed by atoms with Crippen LogP contribution >= 0.6 is 97.7 Å². The molecule has 8 rings (SSSR count). The summed E-state index contributed by atoms with van der Waals surface area (Å²) >= 11 is 31.7. The van der Waals surface area contributed by atoms with Crippen molar-refractivity contribution >= 4 is 117 Å². The molecule has 3 radical (unpaired) electrons. The third-order valence-corrected chi connectivity index (χ3v) is 9.14. The number of aromatic amines is 6. The largest absolute Gasteiger partial charge is 1.00 e. The maximum atomic E-state index is 12.6. The molecule has 0 fully saturated rings. The van der Waals surface area contributed by atoms with E-state index in [1.165, 1.54) is 30.5 Å². The Balaban J connectivity index is 0.000000282. The number of nitro benzene ring substituents is 2. The summed E-state index contributed by atoms with van der Waals surface area (Å²) in [5, 5.41) is 22.0. The summed E-state index contributed by atoms with van der Waals surface area (Å²) in [6.45, 7) is 0. The van der Waals surface area contributed by atoms with Crippen molar-refractivity contribution in [2.75, 3.05) is 0 Å². The molecule has 6 N–H and O–H groups in total. The second-order valence-electron chi connectivity index (χ2n) is 11.2. The Morgan fingerprint density at radius 2 is 1.17 bits per heavy atom. The molecular weight excluding hydrogens is 1210 g/mol. The molecule has 0 bridgehead atoms.